The quantitative estimate of drug-likeness (QED) is 0.813. The molecule has 5 heteroatoms. The number of benzene rings is 1. The van der Waals surface area contributed by atoms with E-state index in [1.165, 1.54) is 4.31 Å². The summed E-state index contributed by atoms with van der Waals surface area (Å²) in [5, 5.41) is 4.43. The largest absolute Gasteiger partial charge is 0.243 e. The van der Waals surface area contributed by atoms with Crippen LogP contribution in [0.1, 0.15) is 19.4 Å². The first-order chi connectivity index (χ1) is 8.31. The van der Waals surface area contributed by atoms with Gasteiger partial charge >= 0.3 is 0 Å². The van der Waals surface area contributed by atoms with Crippen LogP contribution in [0.4, 0.5) is 0 Å². The Morgan fingerprint density at radius 1 is 1.22 bits per heavy atom. The predicted octanol–water partition coefficient (Wildman–Crippen LogP) is 1.38. The van der Waals surface area contributed by atoms with Crippen molar-refractivity contribution in [2.24, 2.45) is 0 Å². The maximum absolute atomic E-state index is 12.5. The molecular weight excluding hydrogens is 248 g/mol. The van der Waals surface area contributed by atoms with Crippen molar-refractivity contribution in [3.05, 3.63) is 29.8 Å². The Labute approximate surface area is 109 Å². The van der Waals surface area contributed by atoms with Gasteiger partial charge in [-0.05, 0) is 32.9 Å². The van der Waals surface area contributed by atoms with Gasteiger partial charge in [-0.2, -0.15) is 4.31 Å². The van der Waals surface area contributed by atoms with Crippen molar-refractivity contribution in [1.29, 1.82) is 0 Å². The second-order valence-electron chi connectivity index (χ2n) is 5.35. The van der Waals surface area contributed by atoms with Gasteiger partial charge in [-0.3, -0.25) is 0 Å². The van der Waals surface area contributed by atoms with E-state index in [2.05, 4.69) is 5.32 Å². The zero-order chi connectivity index (χ0) is 13.4. The highest BCUT2D eigenvalue weighted by molar-refractivity contribution is 7.89. The number of hydrogen-bond donors (Lipinski definition) is 0. The van der Waals surface area contributed by atoms with E-state index >= 15 is 0 Å². The fraction of sp³-hybridized carbons (Fsp3) is 0.538. The molecule has 1 aliphatic rings. The van der Waals surface area contributed by atoms with Gasteiger partial charge in [0.2, 0.25) is 10.0 Å². The molecule has 0 amide bonds. The van der Waals surface area contributed by atoms with Crippen LogP contribution in [-0.4, -0.2) is 37.9 Å². The monoisotopic (exact) mass is 267 g/mol. The van der Waals surface area contributed by atoms with Gasteiger partial charge in [0.05, 0.1) is 4.90 Å². The van der Waals surface area contributed by atoms with Gasteiger partial charge in [0.1, 0.15) is 0 Å². The van der Waals surface area contributed by atoms with Crippen LogP contribution in [0.5, 0.6) is 0 Å². The molecule has 0 aromatic heterocycles. The van der Waals surface area contributed by atoms with Crippen LogP contribution < -0.4 is 5.32 Å². The van der Waals surface area contributed by atoms with Gasteiger partial charge in [-0.25, -0.2) is 13.7 Å². The van der Waals surface area contributed by atoms with E-state index in [1.807, 2.05) is 32.9 Å². The molecule has 0 bridgehead atoms. The minimum atomic E-state index is -3.38. The maximum atomic E-state index is 12.5. The molecule has 4 nitrogen and oxygen atoms in total. The molecule has 1 radical (unpaired) electrons. The van der Waals surface area contributed by atoms with Crippen molar-refractivity contribution in [3.8, 4) is 0 Å². The lowest BCUT2D eigenvalue weighted by atomic mass is 10.0. The molecule has 0 unspecified atom stereocenters. The molecule has 0 spiro atoms. The van der Waals surface area contributed by atoms with Crippen molar-refractivity contribution < 1.29 is 8.42 Å². The van der Waals surface area contributed by atoms with Gasteiger partial charge in [-0.15, -0.1) is 0 Å². The lowest BCUT2D eigenvalue weighted by Crippen LogP contribution is -2.54. The summed E-state index contributed by atoms with van der Waals surface area (Å²) in [6.07, 6.45) is 0. The van der Waals surface area contributed by atoms with Crippen molar-refractivity contribution in [2.75, 3.05) is 19.6 Å². The number of nitrogens with zero attached hydrogens (tertiary/aromatic N) is 2. The summed E-state index contributed by atoms with van der Waals surface area (Å²) in [4.78, 5) is 0.366. The van der Waals surface area contributed by atoms with Gasteiger partial charge in [0, 0.05) is 25.2 Å². The average molecular weight is 267 g/mol. The van der Waals surface area contributed by atoms with E-state index in [9.17, 15) is 8.42 Å². The normalized spacial score (nSPS) is 20.8. The first-order valence-corrected chi connectivity index (χ1v) is 7.51. The van der Waals surface area contributed by atoms with Crippen molar-refractivity contribution in [3.63, 3.8) is 0 Å². The molecule has 0 saturated carbocycles. The highest BCUT2D eigenvalue weighted by Gasteiger charge is 2.34. The third-order valence-electron chi connectivity index (χ3n) is 3.11. The van der Waals surface area contributed by atoms with E-state index in [0.717, 1.165) is 5.56 Å². The first-order valence-electron chi connectivity index (χ1n) is 6.07. The third kappa shape index (κ3) is 2.74. The van der Waals surface area contributed by atoms with E-state index in [-0.39, 0.29) is 5.54 Å². The summed E-state index contributed by atoms with van der Waals surface area (Å²) in [6, 6.07) is 6.99. The Balaban J connectivity index is 2.28. The Bertz CT molecular complexity index is 520. The van der Waals surface area contributed by atoms with Crippen molar-refractivity contribution >= 4 is 10.0 Å². The number of hydrogen-bond acceptors (Lipinski definition) is 2. The minimum Gasteiger partial charge on any atom is -0.233 e. The van der Waals surface area contributed by atoms with Gasteiger partial charge < -0.3 is 0 Å². The summed E-state index contributed by atoms with van der Waals surface area (Å²) >= 11 is 0. The summed E-state index contributed by atoms with van der Waals surface area (Å²) in [6.45, 7) is 7.36. The number of sulfonamides is 1. The zero-order valence-corrected chi connectivity index (χ0v) is 11.9. The van der Waals surface area contributed by atoms with Crippen molar-refractivity contribution in [2.45, 2.75) is 31.2 Å². The second kappa shape index (κ2) is 4.64. The lowest BCUT2D eigenvalue weighted by Gasteiger charge is -2.36. The van der Waals surface area contributed by atoms with Crippen LogP contribution in [0.25, 0.3) is 0 Å². The van der Waals surface area contributed by atoms with Crippen LogP contribution >= 0.6 is 0 Å². The molecule has 1 aliphatic heterocycles. The molecule has 1 saturated heterocycles. The smallest absolute Gasteiger partial charge is 0.233 e. The Hall–Kier alpha value is -0.910. The Morgan fingerprint density at radius 3 is 2.39 bits per heavy atom. The van der Waals surface area contributed by atoms with Gasteiger partial charge in [-0.1, -0.05) is 17.7 Å². The first kappa shape index (κ1) is 13.5. The maximum Gasteiger partial charge on any atom is 0.243 e. The minimum absolute atomic E-state index is 0.296. The molecular formula is C13H19N2O2S. The standard InChI is InChI=1S/C13H19N2O2S/c1-11-4-6-12(7-5-11)18(16,17)15-9-8-14-13(2,3)10-15/h4-7H,8-10H2,1-3H3. The third-order valence-corrected chi connectivity index (χ3v) is 4.97. The van der Waals surface area contributed by atoms with Crippen LogP contribution in [0, 0.1) is 6.92 Å². The predicted molar refractivity (Wildman–Crippen MR) is 71.0 cm³/mol. The lowest BCUT2D eigenvalue weighted by molar-refractivity contribution is 0.228. The van der Waals surface area contributed by atoms with Crippen LogP contribution in [-0.2, 0) is 10.0 Å². The molecule has 18 heavy (non-hydrogen) atoms. The SMILES string of the molecule is Cc1ccc(S(=O)(=O)N2CC[N]C(C)(C)C2)cc1. The van der Waals surface area contributed by atoms with E-state index in [4.69, 9.17) is 0 Å². The fourth-order valence-corrected chi connectivity index (χ4v) is 3.68. The molecule has 2 rings (SSSR count). The van der Waals surface area contributed by atoms with Gasteiger partial charge in [0.25, 0.3) is 0 Å². The fourth-order valence-electron chi connectivity index (χ4n) is 2.09. The molecule has 0 aliphatic carbocycles. The zero-order valence-electron chi connectivity index (χ0n) is 11.0. The molecule has 0 N–H and O–H groups in total. The number of aryl methyl sites for hydroxylation is 1. The number of piperazine rings is 1. The molecule has 1 heterocycles. The molecule has 1 aromatic rings. The summed E-state index contributed by atoms with van der Waals surface area (Å²) in [5.74, 6) is 0. The van der Waals surface area contributed by atoms with Crippen LogP contribution in [0.3, 0.4) is 0 Å². The van der Waals surface area contributed by atoms with E-state index in [0.29, 0.717) is 24.5 Å². The molecule has 0 atom stereocenters. The van der Waals surface area contributed by atoms with Crippen molar-refractivity contribution in [1.82, 2.24) is 9.62 Å². The Morgan fingerprint density at radius 2 is 1.83 bits per heavy atom. The summed E-state index contributed by atoms with van der Waals surface area (Å²) in [5.41, 5.74) is 0.763. The average Bonchev–Trinajstić information content (AvgIpc) is 2.28. The second-order valence-corrected chi connectivity index (χ2v) is 7.28. The highest BCUT2D eigenvalue weighted by Crippen LogP contribution is 2.21. The highest BCUT2D eigenvalue weighted by atomic mass is 32.2. The summed E-state index contributed by atoms with van der Waals surface area (Å²) in [7, 11) is -3.38. The molecule has 1 aromatic carbocycles. The molecule has 99 valence electrons. The molecule has 1 fully saturated rings. The van der Waals surface area contributed by atoms with Gasteiger partial charge in [0.15, 0.2) is 0 Å². The van der Waals surface area contributed by atoms with E-state index < -0.39 is 10.0 Å². The van der Waals surface area contributed by atoms with Crippen LogP contribution in [0.2, 0.25) is 0 Å². The number of rotatable bonds is 2. The topological polar surface area (TPSA) is 51.5 Å². The summed E-state index contributed by atoms with van der Waals surface area (Å²) < 4.78 is 26.5. The van der Waals surface area contributed by atoms with Crippen LogP contribution in [0.15, 0.2) is 29.2 Å². The Kier molecular flexibility index (Phi) is 3.49. The van der Waals surface area contributed by atoms with E-state index in [1.54, 1.807) is 12.1 Å².